The molecule has 0 aromatic heterocycles. The maximum Gasteiger partial charge on any atom is 0 e. The molecule has 0 amide bonds. The van der Waals surface area contributed by atoms with Gasteiger partial charge in [0.25, 0.3) is 0 Å². The first-order valence-corrected chi connectivity index (χ1v) is 2.95. The Kier molecular flexibility index (Phi) is 13.4. The molecule has 0 aromatic carbocycles. The molecule has 0 saturated carbocycles. The summed E-state index contributed by atoms with van der Waals surface area (Å²) >= 11 is 0. The summed E-state index contributed by atoms with van der Waals surface area (Å²) in [6, 6.07) is 0. The van der Waals surface area contributed by atoms with E-state index in [0.29, 0.717) is 0 Å². The molecule has 0 fully saturated rings. The third-order valence-electron chi connectivity index (χ3n) is 1.39. The topological polar surface area (TPSA) is 0 Å². The summed E-state index contributed by atoms with van der Waals surface area (Å²) in [7, 11) is 0. The molecule has 0 spiro atoms. The quantitative estimate of drug-likeness (QED) is 0.530. The van der Waals surface area contributed by atoms with Gasteiger partial charge in [-0.25, -0.2) is 0 Å². The molecule has 0 rings (SSSR count). The van der Waals surface area contributed by atoms with Crippen molar-refractivity contribution in [2.45, 2.75) is 33.6 Å². The summed E-state index contributed by atoms with van der Waals surface area (Å²) in [6.07, 6.45) is 2.66. The predicted octanol–water partition coefficient (Wildman–Crippen LogP) is 3.28. The van der Waals surface area contributed by atoms with Crippen LogP contribution in [0.2, 0.25) is 0 Å². The molecule has 0 aliphatic rings. The van der Waals surface area contributed by atoms with Gasteiger partial charge in [0.2, 0.25) is 0 Å². The van der Waals surface area contributed by atoms with E-state index in [2.05, 4.69) is 20.8 Å². The zero-order valence-electron chi connectivity index (χ0n) is 5.75. The van der Waals surface area contributed by atoms with Crippen LogP contribution >= 0.6 is 0 Å². The monoisotopic (exact) mass is 124 g/mol. The van der Waals surface area contributed by atoms with Gasteiger partial charge in [0.15, 0.2) is 0 Å². The van der Waals surface area contributed by atoms with Crippen LogP contribution in [0.25, 0.3) is 0 Å². The van der Waals surface area contributed by atoms with Crippen molar-refractivity contribution >= 4 is 0 Å². The fourth-order valence-corrected chi connectivity index (χ4v) is 0.289. The average molecular weight is 124 g/mol. The Balaban J connectivity index is 0. The van der Waals surface area contributed by atoms with Crippen molar-refractivity contribution < 1.29 is 9.15 Å². The Morgan fingerprint density at radius 2 is 1.38 bits per heavy atom. The van der Waals surface area contributed by atoms with Crippen LogP contribution in [0.15, 0.2) is 0 Å². The van der Waals surface area contributed by atoms with E-state index < -0.39 is 0 Å². The molecule has 8 heavy (non-hydrogen) atoms. The minimum absolute atomic E-state index is 0.935. The predicted molar refractivity (Wildman–Crippen MR) is 32.0 cm³/mol. The first-order valence-electron chi connectivity index (χ1n) is 2.95. The molecule has 0 atom stereocenters. The third kappa shape index (κ3) is 9.29. The summed E-state index contributed by atoms with van der Waals surface area (Å²) in [4.78, 5) is 0. The number of hydrogen-bond donors (Lipinski definition) is 0. The molecule has 0 aromatic rings. The fourth-order valence-electron chi connectivity index (χ4n) is 0.289. The van der Waals surface area contributed by atoms with Gasteiger partial charge in [-0.05, 0) is 5.92 Å². The Morgan fingerprint density at radius 1 is 1.12 bits per heavy atom. The lowest BCUT2D eigenvalue weighted by Crippen LogP contribution is -1.85. The van der Waals surface area contributed by atoms with Crippen LogP contribution in [0.3, 0.4) is 0 Å². The summed E-state index contributed by atoms with van der Waals surface area (Å²) in [5, 5.41) is 0. The summed E-state index contributed by atoms with van der Waals surface area (Å²) in [5.74, 6) is 0.935. The van der Waals surface area contributed by atoms with Crippen molar-refractivity contribution in [2.75, 3.05) is 0 Å². The minimum atomic E-state index is 0.935. The summed E-state index contributed by atoms with van der Waals surface area (Å²) in [6.45, 7) is 6.74. The van der Waals surface area contributed by atoms with Crippen LogP contribution < -0.4 is 0 Å². The maximum atomic E-state index is 8.00. The lowest BCUT2D eigenvalue weighted by Gasteiger charge is -1.98. The summed E-state index contributed by atoms with van der Waals surface area (Å²) < 4.78 is 16.0. The Bertz CT molecular complexity index is 25.7. The Labute approximate surface area is 49.8 Å². The van der Waals surface area contributed by atoms with Crippen molar-refractivity contribution in [3.63, 3.8) is 0 Å². The van der Waals surface area contributed by atoms with Gasteiger partial charge in [0.1, 0.15) is 0 Å². The van der Waals surface area contributed by atoms with Crippen LogP contribution in [0.1, 0.15) is 33.6 Å². The zero-order chi connectivity index (χ0) is 6.99. The van der Waals surface area contributed by atoms with Gasteiger partial charge >= 0.3 is 0 Å². The molecule has 2 heteroatoms. The van der Waals surface area contributed by atoms with Crippen molar-refractivity contribution in [1.29, 1.82) is 0 Å². The van der Waals surface area contributed by atoms with Gasteiger partial charge in [-0.1, -0.05) is 33.6 Å². The minimum Gasteiger partial charge on any atom is -0.0651 e. The van der Waals surface area contributed by atoms with Crippen LogP contribution in [0.5, 0.6) is 0 Å². The lowest BCUT2D eigenvalue weighted by molar-refractivity contribution is 0.108. The third-order valence-corrected chi connectivity index (χ3v) is 1.39. The highest BCUT2D eigenvalue weighted by molar-refractivity contribution is 4.41. The Morgan fingerprint density at radius 3 is 1.38 bits per heavy atom. The van der Waals surface area contributed by atoms with E-state index >= 15 is 0 Å². The van der Waals surface area contributed by atoms with Gasteiger partial charge in [0, 0.05) is 9.15 Å². The van der Waals surface area contributed by atoms with Crippen molar-refractivity contribution in [3.8, 4) is 0 Å². The van der Waals surface area contributed by atoms with Crippen LogP contribution in [0, 0.1) is 5.92 Å². The van der Waals surface area contributed by atoms with Gasteiger partial charge in [-0.2, -0.15) is 0 Å². The number of rotatable bonds is 2. The molecule has 0 aliphatic heterocycles. The largest absolute Gasteiger partial charge is 0.0651 e. The van der Waals surface area contributed by atoms with Gasteiger partial charge in [0.05, 0.1) is 0 Å². The SMILES string of the molecule is CCC(C)CC.FF. The van der Waals surface area contributed by atoms with E-state index in [1.165, 1.54) is 12.8 Å². The van der Waals surface area contributed by atoms with E-state index in [-0.39, 0.29) is 0 Å². The number of hydrogen-bond acceptors (Lipinski definition) is 0. The molecule has 0 bridgehead atoms. The highest BCUT2D eigenvalue weighted by Crippen LogP contribution is 2.02. The van der Waals surface area contributed by atoms with E-state index in [0.717, 1.165) is 5.92 Å². The molecule has 0 radical (unpaired) electrons. The molecule has 52 valence electrons. The fraction of sp³-hybridized carbons (Fsp3) is 1.00. The first kappa shape index (κ1) is 10.8. The van der Waals surface area contributed by atoms with E-state index in [9.17, 15) is 0 Å². The van der Waals surface area contributed by atoms with Crippen LogP contribution in [0.4, 0.5) is 9.15 Å². The first-order chi connectivity index (χ1) is 3.81. The molecule has 0 aliphatic carbocycles. The van der Waals surface area contributed by atoms with Gasteiger partial charge in [-0.15, -0.1) is 0 Å². The second-order valence-electron chi connectivity index (χ2n) is 1.92. The van der Waals surface area contributed by atoms with Crippen molar-refractivity contribution in [1.82, 2.24) is 0 Å². The molecule has 0 saturated heterocycles. The van der Waals surface area contributed by atoms with Crippen molar-refractivity contribution in [2.24, 2.45) is 5.92 Å². The van der Waals surface area contributed by atoms with Gasteiger partial charge in [-0.3, -0.25) is 0 Å². The van der Waals surface area contributed by atoms with E-state index in [4.69, 9.17) is 9.15 Å². The van der Waals surface area contributed by atoms with Crippen LogP contribution in [-0.4, -0.2) is 0 Å². The molecular formula is C6H14F2. The normalized spacial score (nSPS) is 8.25. The second-order valence-corrected chi connectivity index (χ2v) is 1.92. The zero-order valence-corrected chi connectivity index (χ0v) is 5.75. The highest BCUT2D eigenvalue weighted by atomic mass is 20.0. The van der Waals surface area contributed by atoms with E-state index in [1.54, 1.807) is 0 Å². The second kappa shape index (κ2) is 9.97. The maximum absolute atomic E-state index is 8.00. The highest BCUT2D eigenvalue weighted by Gasteiger charge is 1.88. The molecular weight excluding hydrogens is 110 g/mol. The average Bonchev–Trinajstić information content (AvgIpc) is 1.91. The van der Waals surface area contributed by atoms with Gasteiger partial charge < -0.3 is 0 Å². The molecule has 0 nitrogen and oxygen atoms in total. The smallest absolute Gasteiger partial charge is 0 e. The van der Waals surface area contributed by atoms with E-state index in [1.807, 2.05) is 0 Å². The Hall–Kier alpha value is -0.140. The lowest BCUT2D eigenvalue weighted by atomic mass is 10.1. The number of halogens is 2. The molecule has 0 unspecified atom stereocenters. The summed E-state index contributed by atoms with van der Waals surface area (Å²) in [5.41, 5.74) is 0. The van der Waals surface area contributed by atoms with Crippen LogP contribution in [-0.2, 0) is 0 Å². The molecule has 0 N–H and O–H groups in total. The van der Waals surface area contributed by atoms with Crippen molar-refractivity contribution in [3.05, 3.63) is 0 Å². The standard InChI is InChI=1S/C6H14.F2/c1-4-6(3)5-2;1-2/h6H,4-5H2,1-3H3;. The molecule has 0 heterocycles.